The number of hydrogen-bond donors (Lipinski definition) is 1. The van der Waals surface area contributed by atoms with Crippen LogP contribution in [0.4, 0.5) is 11.4 Å². The maximum atomic E-state index is 16.1. The van der Waals surface area contributed by atoms with Gasteiger partial charge in [-0.25, -0.2) is 4.58 Å². The summed E-state index contributed by atoms with van der Waals surface area (Å²) in [5.74, 6) is 1.41. The molecule has 8 heteroatoms. The van der Waals surface area contributed by atoms with Crippen LogP contribution in [0.3, 0.4) is 0 Å². The molecule has 0 radical (unpaired) electrons. The van der Waals surface area contributed by atoms with Gasteiger partial charge in [0.2, 0.25) is 0 Å². The third-order valence-electron chi connectivity index (χ3n) is 8.59. The van der Waals surface area contributed by atoms with Crippen molar-refractivity contribution in [3.8, 4) is 11.5 Å². The molecule has 2 aliphatic heterocycles. The predicted octanol–water partition coefficient (Wildman–Crippen LogP) is 4.48. The number of anilines is 2. The predicted molar refractivity (Wildman–Crippen MR) is 179 cm³/mol. The molecule has 1 saturated heterocycles. The first-order chi connectivity index (χ1) is 20.8. The van der Waals surface area contributed by atoms with Gasteiger partial charge in [-0.3, -0.25) is 0 Å². The van der Waals surface area contributed by atoms with E-state index in [2.05, 4.69) is 80.4 Å². The van der Waals surface area contributed by atoms with E-state index in [9.17, 15) is 0 Å². The third kappa shape index (κ3) is 4.91. The van der Waals surface area contributed by atoms with Crippen LogP contribution in [-0.4, -0.2) is 78.9 Å². The van der Waals surface area contributed by atoms with Crippen LogP contribution in [0.1, 0.15) is 11.1 Å². The van der Waals surface area contributed by atoms with Crippen LogP contribution >= 0.6 is 7.14 Å². The number of piperazine rings is 1. The number of nitrogens with zero attached hydrogens (tertiary/aromatic N) is 3. The molecular weight excluding hydrogens is 555 g/mol. The van der Waals surface area contributed by atoms with E-state index in [0.29, 0.717) is 11.5 Å². The summed E-state index contributed by atoms with van der Waals surface area (Å²) in [6.07, 6.45) is 6.31. The van der Waals surface area contributed by atoms with Crippen molar-refractivity contribution in [2.75, 3.05) is 78.4 Å². The van der Waals surface area contributed by atoms with Gasteiger partial charge in [-0.1, -0.05) is 12.1 Å². The first-order valence-electron chi connectivity index (χ1n) is 14.7. The molecule has 0 amide bonds. The topological polar surface area (TPSA) is 57.1 Å². The molecular formula is C35H40N4O3P+. The molecule has 0 aromatic heterocycles. The van der Waals surface area contributed by atoms with E-state index < -0.39 is 7.14 Å². The first kappa shape index (κ1) is 29.0. The zero-order valence-corrected chi connectivity index (χ0v) is 26.7. The van der Waals surface area contributed by atoms with Crippen LogP contribution < -0.4 is 35.2 Å². The summed E-state index contributed by atoms with van der Waals surface area (Å²) in [4.78, 5) is 4.44. The summed E-state index contributed by atoms with van der Waals surface area (Å²) in [6, 6.07) is 20.6. The number of ether oxygens (including phenoxy) is 2. The number of rotatable bonds is 6. The average molecular weight is 596 g/mol. The molecule has 0 saturated carbocycles. The summed E-state index contributed by atoms with van der Waals surface area (Å²) >= 11 is 0. The molecule has 43 heavy (non-hydrogen) atoms. The molecule has 1 unspecified atom stereocenters. The van der Waals surface area contributed by atoms with Gasteiger partial charge in [0.25, 0.3) is 0 Å². The number of benzene rings is 3. The van der Waals surface area contributed by atoms with Gasteiger partial charge in [0.1, 0.15) is 25.6 Å². The van der Waals surface area contributed by atoms with Gasteiger partial charge >= 0.3 is 0 Å². The van der Waals surface area contributed by atoms with Gasteiger partial charge in [0.15, 0.2) is 12.9 Å². The van der Waals surface area contributed by atoms with Crippen molar-refractivity contribution < 1.29 is 18.6 Å². The Labute approximate surface area is 254 Å². The Morgan fingerprint density at radius 2 is 1.58 bits per heavy atom. The van der Waals surface area contributed by atoms with Crippen LogP contribution in [0.25, 0.3) is 5.57 Å². The molecule has 3 aliphatic rings. The first-order valence-corrected chi connectivity index (χ1v) is 16.4. The lowest BCUT2D eigenvalue weighted by molar-refractivity contribution is -0.462. The lowest BCUT2D eigenvalue weighted by atomic mass is 9.88. The fourth-order valence-electron chi connectivity index (χ4n) is 6.26. The molecule has 6 rings (SSSR count). The van der Waals surface area contributed by atoms with Gasteiger partial charge in [-0.15, -0.1) is 0 Å². The number of hydrogen-bond acceptors (Lipinski definition) is 6. The quantitative estimate of drug-likeness (QED) is 0.335. The summed E-state index contributed by atoms with van der Waals surface area (Å²) in [5.41, 5.74) is 6.81. The molecule has 3 aromatic rings. The molecule has 222 valence electrons. The number of methoxy groups -OCH3 is 2. The molecule has 3 aromatic carbocycles. The Morgan fingerprint density at radius 1 is 0.907 bits per heavy atom. The smallest absolute Gasteiger partial charge is 0.200 e. The highest BCUT2D eigenvalue weighted by molar-refractivity contribution is 7.83. The van der Waals surface area contributed by atoms with Gasteiger partial charge in [0.05, 0.1) is 19.8 Å². The van der Waals surface area contributed by atoms with E-state index in [1.54, 1.807) is 14.2 Å². The maximum absolute atomic E-state index is 16.1. The minimum Gasteiger partial charge on any atom is -0.496 e. The summed E-state index contributed by atoms with van der Waals surface area (Å²) in [6.45, 7) is 3.85. The summed E-state index contributed by atoms with van der Waals surface area (Å²) < 4.78 is 29.9. The fraction of sp³-hybridized carbons (Fsp3) is 0.286. The molecule has 0 spiro atoms. The van der Waals surface area contributed by atoms with E-state index in [1.807, 2.05) is 46.4 Å². The van der Waals surface area contributed by atoms with Gasteiger partial charge in [0, 0.05) is 85.3 Å². The van der Waals surface area contributed by atoms with Gasteiger partial charge in [-0.2, -0.15) is 0 Å². The third-order valence-corrected chi connectivity index (χ3v) is 11.7. The Morgan fingerprint density at radius 3 is 2.19 bits per heavy atom. The second-order valence-corrected chi connectivity index (χ2v) is 14.2. The Kier molecular flexibility index (Phi) is 7.80. The highest BCUT2D eigenvalue weighted by Gasteiger charge is 2.44. The Bertz CT molecular complexity index is 1720. The Hall–Kier alpha value is -4.06. The van der Waals surface area contributed by atoms with Crippen LogP contribution in [0.2, 0.25) is 0 Å². The lowest BCUT2D eigenvalue weighted by Gasteiger charge is -2.35. The normalized spacial score (nSPS) is 19.4. The van der Waals surface area contributed by atoms with Crippen LogP contribution in [0, 0.1) is 0 Å². The van der Waals surface area contributed by atoms with Crippen LogP contribution in [0.5, 0.6) is 11.5 Å². The summed E-state index contributed by atoms with van der Waals surface area (Å²) in [5, 5.41) is 5.89. The maximum Gasteiger partial charge on any atom is 0.200 e. The molecule has 0 bridgehead atoms. The largest absolute Gasteiger partial charge is 0.496 e. The SMILES string of the molecule is COc1cccc(OC)c1C1=C2C=CC(=[N+](C)C)C=C2P(=O)(c2ccc(N3CCNCC3)cc2)c2cc(N(C)C)ccc21. The van der Waals surface area contributed by atoms with Crippen molar-refractivity contribution >= 4 is 40.4 Å². The van der Waals surface area contributed by atoms with E-state index in [-0.39, 0.29) is 0 Å². The number of allylic oxidation sites excluding steroid dienone is 5. The van der Waals surface area contributed by atoms with E-state index >= 15 is 4.57 Å². The fourth-order valence-corrected chi connectivity index (χ4v) is 9.32. The van der Waals surface area contributed by atoms with E-state index in [0.717, 1.165) is 81.5 Å². The van der Waals surface area contributed by atoms with Crippen LogP contribution in [0.15, 0.2) is 89.8 Å². The zero-order valence-electron chi connectivity index (χ0n) is 25.8. The lowest BCUT2D eigenvalue weighted by Crippen LogP contribution is -2.43. The second kappa shape index (κ2) is 11.6. The molecule has 1 fully saturated rings. The minimum absolute atomic E-state index is 0.705. The zero-order chi connectivity index (χ0) is 30.3. The van der Waals surface area contributed by atoms with Crippen molar-refractivity contribution in [1.29, 1.82) is 0 Å². The van der Waals surface area contributed by atoms with E-state index in [1.165, 1.54) is 0 Å². The monoisotopic (exact) mass is 595 g/mol. The van der Waals surface area contributed by atoms with Crippen molar-refractivity contribution in [2.24, 2.45) is 0 Å². The van der Waals surface area contributed by atoms with Crippen LogP contribution in [-0.2, 0) is 4.57 Å². The second-order valence-electron chi connectivity index (χ2n) is 11.5. The van der Waals surface area contributed by atoms with Gasteiger partial charge in [-0.05, 0) is 65.7 Å². The highest BCUT2D eigenvalue weighted by Crippen LogP contribution is 2.62. The van der Waals surface area contributed by atoms with Gasteiger partial charge < -0.3 is 29.2 Å². The van der Waals surface area contributed by atoms with Crippen molar-refractivity contribution in [3.63, 3.8) is 0 Å². The van der Waals surface area contributed by atoms with Crippen molar-refractivity contribution in [3.05, 3.63) is 101 Å². The van der Waals surface area contributed by atoms with Crippen molar-refractivity contribution in [1.82, 2.24) is 5.32 Å². The minimum atomic E-state index is -3.33. The molecule has 7 nitrogen and oxygen atoms in total. The summed E-state index contributed by atoms with van der Waals surface area (Å²) in [7, 11) is 8.10. The van der Waals surface area contributed by atoms with Crippen molar-refractivity contribution in [2.45, 2.75) is 0 Å². The Balaban J connectivity index is 1.67. The molecule has 2 heterocycles. The molecule has 1 aliphatic carbocycles. The molecule has 1 atom stereocenters. The average Bonchev–Trinajstić information content (AvgIpc) is 3.04. The number of fused-ring (bicyclic) bond motifs is 2. The molecule has 1 N–H and O–H groups in total. The standard InChI is InChI=1S/C35H40N4O3P/c1-37(2)25-12-16-28-32(22-25)43(40,27-14-10-24(11-15-27)39-20-18-36-19-21-39)33-23-26(38(3)4)13-17-29(33)34(28)35-30(41-5)8-7-9-31(35)42-6/h7-17,22-23,36H,18-21H2,1-6H3/q+1. The number of nitrogens with one attached hydrogen (secondary N) is 1. The van der Waals surface area contributed by atoms with E-state index in [4.69, 9.17) is 9.47 Å². The highest BCUT2D eigenvalue weighted by atomic mass is 31.2.